The maximum atomic E-state index is 12.7. The normalized spacial score (nSPS) is 10.6. The van der Waals surface area contributed by atoms with Crippen molar-refractivity contribution < 1.29 is 14.3 Å². The molecule has 0 aliphatic heterocycles. The smallest absolute Gasteiger partial charge is 0.195 e. The van der Waals surface area contributed by atoms with Crippen LogP contribution in [0.3, 0.4) is 0 Å². The van der Waals surface area contributed by atoms with Crippen LogP contribution in [0, 0.1) is 0 Å². The van der Waals surface area contributed by atoms with Crippen molar-refractivity contribution in [2.75, 3.05) is 14.2 Å². The molecule has 0 atom stereocenters. The number of hydrogen-bond acceptors (Lipinski definition) is 3. The van der Waals surface area contributed by atoms with Crippen molar-refractivity contribution in [1.82, 2.24) is 4.98 Å². The number of methoxy groups -OCH3 is 2. The molecule has 0 spiro atoms. The van der Waals surface area contributed by atoms with E-state index in [0.717, 1.165) is 10.9 Å². The van der Waals surface area contributed by atoms with Gasteiger partial charge in [0.15, 0.2) is 5.78 Å². The predicted octanol–water partition coefficient (Wildman–Crippen LogP) is 3.42. The molecule has 1 heterocycles. The van der Waals surface area contributed by atoms with E-state index in [1.165, 1.54) is 0 Å². The molecule has 0 bridgehead atoms. The molecule has 3 aromatic rings. The molecule has 0 saturated carbocycles. The maximum Gasteiger partial charge on any atom is 0.195 e. The molecule has 1 N–H and O–H groups in total. The van der Waals surface area contributed by atoms with Crippen molar-refractivity contribution in [1.29, 1.82) is 0 Å². The molecule has 2 aromatic carbocycles. The number of carbonyl (C=O) groups excluding carboxylic acids is 1. The van der Waals surface area contributed by atoms with E-state index in [1.807, 2.05) is 24.3 Å². The van der Waals surface area contributed by atoms with Gasteiger partial charge in [0.1, 0.15) is 11.5 Å². The highest BCUT2D eigenvalue weighted by Crippen LogP contribution is 2.26. The zero-order valence-corrected chi connectivity index (χ0v) is 11.8. The second kappa shape index (κ2) is 5.32. The molecule has 106 valence electrons. The van der Waals surface area contributed by atoms with E-state index in [-0.39, 0.29) is 5.78 Å². The first-order chi connectivity index (χ1) is 10.2. The number of carbonyl (C=O) groups is 1. The third-order valence-electron chi connectivity index (χ3n) is 3.45. The molecule has 0 radical (unpaired) electrons. The summed E-state index contributed by atoms with van der Waals surface area (Å²) in [6.07, 6.45) is 1.74. The minimum absolute atomic E-state index is 0.0651. The van der Waals surface area contributed by atoms with Crippen LogP contribution in [-0.4, -0.2) is 25.0 Å². The van der Waals surface area contributed by atoms with Gasteiger partial charge in [-0.1, -0.05) is 18.2 Å². The van der Waals surface area contributed by atoms with Gasteiger partial charge in [-0.2, -0.15) is 0 Å². The first kappa shape index (κ1) is 13.2. The summed E-state index contributed by atoms with van der Waals surface area (Å²) >= 11 is 0. The van der Waals surface area contributed by atoms with E-state index in [4.69, 9.17) is 9.47 Å². The Labute approximate surface area is 122 Å². The summed E-state index contributed by atoms with van der Waals surface area (Å²) in [5.74, 6) is 1.12. The fraction of sp³-hybridized carbons (Fsp3) is 0.118. The molecular weight excluding hydrogens is 266 g/mol. The molecule has 3 rings (SSSR count). The maximum absolute atomic E-state index is 12.7. The number of ketones is 1. The summed E-state index contributed by atoms with van der Waals surface area (Å²) in [4.78, 5) is 15.8. The number of aromatic nitrogens is 1. The Bertz CT molecular complexity index is 782. The Balaban J connectivity index is 2.09. The van der Waals surface area contributed by atoms with Crippen LogP contribution in [0.5, 0.6) is 11.5 Å². The second-order valence-electron chi connectivity index (χ2n) is 4.68. The number of hydrogen-bond donors (Lipinski definition) is 1. The summed E-state index contributed by atoms with van der Waals surface area (Å²) in [6, 6.07) is 12.9. The van der Waals surface area contributed by atoms with Crippen LogP contribution in [0.2, 0.25) is 0 Å². The molecular formula is C17H15NO3. The van der Waals surface area contributed by atoms with E-state index < -0.39 is 0 Å². The summed E-state index contributed by atoms with van der Waals surface area (Å²) in [6.45, 7) is 0. The van der Waals surface area contributed by atoms with Crippen LogP contribution in [0.4, 0.5) is 0 Å². The average molecular weight is 281 g/mol. The predicted molar refractivity (Wildman–Crippen MR) is 81.3 cm³/mol. The van der Waals surface area contributed by atoms with Crippen molar-refractivity contribution in [3.63, 3.8) is 0 Å². The van der Waals surface area contributed by atoms with Crippen LogP contribution in [0.15, 0.2) is 48.7 Å². The van der Waals surface area contributed by atoms with Crippen LogP contribution in [0.25, 0.3) is 10.9 Å². The lowest BCUT2D eigenvalue weighted by atomic mass is 10.0. The lowest BCUT2D eigenvalue weighted by Crippen LogP contribution is -2.01. The van der Waals surface area contributed by atoms with Gasteiger partial charge in [-0.25, -0.2) is 0 Å². The first-order valence-electron chi connectivity index (χ1n) is 6.57. The second-order valence-corrected chi connectivity index (χ2v) is 4.68. The van der Waals surface area contributed by atoms with E-state index >= 15 is 0 Å². The van der Waals surface area contributed by atoms with Crippen LogP contribution in [-0.2, 0) is 0 Å². The number of para-hydroxylation sites is 1. The third-order valence-corrected chi connectivity index (χ3v) is 3.45. The SMILES string of the molecule is COc1cc(OC)cc(C(=O)c2c[nH]c3ccccc23)c1. The number of H-pyrrole nitrogens is 1. The molecule has 0 amide bonds. The van der Waals surface area contributed by atoms with E-state index in [1.54, 1.807) is 38.6 Å². The van der Waals surface area contributed by atoms with Gasteiger partial charge in [0, 0.05) is 34.3 Å². The third kappa shape index (κ3) is 2.36. The molecule has 0 aliphatic carbocycles. The quantitative estimate of drug-likeness (QED) is 0.745. The first-order valence-corrected chi connectivity index (χ1v) is 6.57. The van der Waals surface area contributed by atoms with Gasteiger partial charge in [0.2, 0.25) is 0 Å². The van der Waals surface area contributed by atoms with Crippen molar-refractivity contribution in [2.45, 2.75) is 0 Å². The fourth-order valence-electron chi connectivity index (χ4n) is 2.35. The van der Waals surface area contributed by atoms with Gasteiger partial charge in [-0.05, 0) is 18.2 Å². The molecule has 4 nitrogen and oxygen atoms in total. The minimum Gasteiger partial charge on any atom is -0.497 e. The monoisotopic (exact) mass is 281 g/mol. The molecule has 1 aromatic heterocycles. The van der Waals surface area contributed by atoms with Gasteiger partial charge in [-0.15, -0.1) is 0 Å². The van der Waals surface area contributed by atoms with E-state index in [9.17, 15) is 4.79 Å². The van der Waals surface area contributed by atoms with Crippen LogP contribution in [0.1, 0.15) is 15.9 Å². The molecule has 0 fully saturated rings. The Morgan fingerprint density at radius 1 is 1.00 bits per heavy atom. The number of benzene rings is 2. The molecule has 0 saturated heterocycles. The van der Waals surface area contributed by atoms with Crippen molar-refractivity contribution in [3.05, 3.63) is 59.8 Å². The Hall–Kier alpha value is -2.75. The van der Waals surface area contributed by atoms with Crippen LogP contribution < -0.4 is 9.47 Å². The zero-order valence-electron chi connectivity index (χ0n) is 11.8. The van der Waals surface area contributed by atoms with Gasteiger partial charge >= 0.3 is 0 Å². The summed E-state index contributed by atoms with van der Waals surface area (Å²) in [5, 5.41) is 0.907. The standard InChI is InChI=1S/C17H15NO3/c1-20-12-7-11(8-13(9-12)21-2)17(19)15-10-18-16-6-4-3-5-14(15)16/h3-10,18H,1-2H3. The van der Waals surface area contributed by atoms with Gasteiger partial charge in [-0.3, -0.25) is 4.79 Å². The Morgan fingerprint density at radius 3 is 2.33 bits per heavy atom. The largest absolute Gasteiger partial charge is 0.497 e. The number of nitrogens with one attached hydrogen (secondary N) is 1. The molecule has 0 unspecified atom stereocenters. The van der Waals surface area contributed by atoms with E-state index in [0.29, 0.717) is 22.6 Å². The summed E-state index contributed by atoms with van der Waals surface area (Å²) < 4.78 is 10.4. The molecule has 0 aliphatic rings. The summed E-state index contributed by atoms with van der Waals surface area (Å²) in [5.41, 5.74) is 2.12. The van der Waals surface area contributed by atoms with Crippen molar-refractivity contribution >= 4 is 16.7 Å². The highest BCUT2D eigenvalue weighted by Gasteiger charge is 2.16. The average Bonchev–Trinajstić information content (AvgIpc) is 2.97. The topological polar surface area (TPSA) is 51.3 Å². The lowest BCUT2D eigenvalue weighted by Gasteiger charge is -2.07. The van der Waals surface area contributed by atoms with Gasteiger partial charge < -0.3 is 14.5 Å². The number of aromatic amines is 1. The van der Waals surface area contributed by atoms with Crippen molar-refractivity contribution in [2.24, 2.45) is 0 Å². The van der Waals surface area contributed by atoms with E-state index in [2.05, 4.69) is 4.98 Å². The minimum atomic E-state index is -0.0651. The highest BCUT2D eigenvalue weighted by molar-refractivity contribution is 6.16. The number of fused-ring (bicyclic) bond motifs is 1. The Kier molecular flexibility index (Phi) is 3.36. The molecule has 4 heteroatoms. The summed E-state index contributed by atoms with van der Waals surface area (Å²) in [7, 11) is 3.13. The number of ether oxygens (including phenoxy) is 2. The van der Waals surface area contributed by atoms with Crippen LogP contribution >= 0.6 is 0 Å². The Morgan fingerprint density at radius 2 is 1.67 bits per heavy atom. The number of rotatable bonds is 4. The fourth-order valence-corrected chi connectivity index (χ4v) is 2.35. The zero-order chi connectivity index (χ0) is 14.8. The van der Waals surface area contributed by atoms with Gasteiger partial charge in [0.05, 0.1) is 14.2 Å². The highest BCUT2D eigenvalue weighted by atomic mass is 16.5. The lowest BCUT2D eigenvalue weighted by molar-refractivity contribution is 0.103. The van der Waals surface area contributed by atoms with Gasteiger partial charge in [0.25, 0.3) is 0 Å². The van der Waals surface area contributed by atoms with Crippen molar-refractivity contribution in [3.8, 4) is 11.5 Å². The molecule has 21 heavy (non-hydrogen) atoms.